The van der Waals surface area contributed by atoms with Crippen LogP contribution in [0.15, 0.2) is 30.6 Å². The van der Waals surface area contributed by atoms with Gasteiger partial charge in [0.05, 0.1) is 12.3 Å². The Bertz CT molecular complexity index is 539. The molecule has 1 N–H and O–H groups in total. The largest absolute Gasteiger partial charge is 0.338 e. The lowest BCUT2D eigenvalue weighted by Crippen LogP contribution is -2.28. The van der Waals surface area contributed by atoms with E-state index < -0.39 is 0 Å². The predicted molar refractivity (Wildman–Crippen MR) is 80.2 cm³/mol. The fourth-order valence-corrected chi connectivity index (χ4v) is 2.60. The van der Waals surface area contributed by atoms with Crippen molar-refractivity contribution in [3.05, 3.63) is 47.5 Å². The van der Waals surface area contributed by atoms with E-state index in [-0.39, 0.29) is 5.91 Å². The van der Waals surface area contributed by atoms with E-state index in [1.807, 2.05) is 0 Å². The van der Waals surface area contributed by atoms with Gasteiger partial charge >= 0.3 is 0 Å². The van der Waals surface area contributed by atoms with Crippen molar-refractivity contribution in [2.45, 2.75) is 19.2 Å². The van der Waals surface area contributed by atoms with Gasteiger partial charge in [-0.05, 0) is 12.5 Å². The molecule has 20 heavy (non-hydrogen) atoms. The smallest absolute Gasteiger partial charge is 0.232 e. The minimum atomic E-state index is 0.0958. The number of thioether (sulfide) groups is 1. The highest BCUT2D eigenvalue weighted by molar-refractivity contribution is 7.99. The normalized spacial score (nSPS) is 10.5. The number of aryl methyl sites for hydroxylation is 1. The molecule has 0 unspecified atom stereocenters. The number of nitrogens with zero attached hydrogens (tertiary/aromatic N) is 3. The van der Waals surface area contributed by atoms with Gasteiger partial charge in [0.25, 0.3) is 0 Å². The minimum Gasteiger partial charge on any atom is -0.338 e. The number of aromatic nitrogens is 3. The Labute approximate surface area is 122 Å². The first-order valence-electron chi connectivity index (χ1n) is 6.36. The summed E-state index contributed by atoms with van der Waals surface area (Å²) in [4.78, 5) is 17.6. The third kappa shape index (κ3) is 4.38. The Kier molecular flexibility index (Phi) is 5.17. The van der Waals surface area contributed by atoms with E-state index in [2.05, 4.69) is 46.4 Å². The first-order chi connectivity index (χ1) is 9.65. The highest BCUT2D eigenvalue weighted by atomic mass is 32.2. The molecule has 0 fully saturated rings. The molecular formula is C14H18N4OS. The molecule has 1 amide bonds. The molecule has 2 rings (SSSR count). The van der Waals surface area contributed by atoms with Gasteiger partial charge in [0.1, 0.15) is 12.2 Å². The van der Waals surface area contributed by atoms with Crippen LogP contribution in [0.1, 0.15) is 17.0 Å². The minimum absolute atomic E-state index is 0.0958. The summed E-state index contributed by atoms with van der Waals surface area (Å²) >= 11 is 1.62. The van der Waals surface area contributed by atoms with Crippen LogP contribution in [0.4, 0.5) is 0 Å². The number of nitrogens with one attached hydrogen (secondary N) is 1. The maximum Gasteiger partial charge on any atom is 0.232 e. The summed E-state index contributed by atoms with van der Waals surface area (Å²) in [5, 5.41) is 6.51. The third-order valence-corrected chi connectivity index (χ3v) is 3.88. The lowest BCUT2D eigenvalue weighted by molar-refractivity contribution is -0.127. The number of hydrogen-bond donors (Lipinski definition) is 1. The van der Waals surface area contributed by atoms with Crippen LogP contribution in [0.25, 0.3) is 0 Å². The van der Waals surface area contributed by atoms with E-state index in [0.29, 0.717) is 18.1 Å². The summed E-state index contributed by atoms with van der Waals surface area (Å²) in [6.07, 6.45) is 1.44. The zero-order valence-electron chi connectivity index (χ0n) is 11.7. The first-order valence-corrected chi connectivity index (χ1v) is 7.52. The number of rotatable bonds is 6. The highest BCUT2D eigenvalue weighted by Gasteiger charge is 2.10. The number of carbonyl (C=O) groups is 1. The van der Waals surface area contributed by atoms with Crippen molar-refractivity contribution >= 4 is 17.7 Å². The number of carbonyl (C=O) groups excluding carboxylic acids is 1. The quantitative estimate of drug-likeness (QED) is 0.884. The molecule has 0 radical (unpaired) electrons. The van der Waals surface area contributed by atoms with Gasteiger partial charge in [0.15, 0.2) is 0 Å². The average molecular weight is 290 g/mol. The molecule has 0 spiro atoms. The van der Waals surface area contributed by atoms with Crippen LogP contribution in [-0.4, -0.2) is 38.8 Å². The van der Waals surface area contributed by atoms with Crippen molar-refractivity contribution in [3.8, 4) is 0 Å². The van der Waals surface area contributed by atoms with Crippen LogP contribution < -0.4 is 0 Å². The van der Waals surface area contributed by atoms with E-state index in [9.17, 15) is 4.79 Å². The zero-order chi connectivity index (χ0) is 14.4. The van der Waals surface area contributed by atoms with E-state index in [4.69, 9.17) is 0 Å². The molecule has 0 saturated carbocycles. The Balaban J connectivity index is 1.73. The van der Waals surface area contributed by atoms with Crippen molar-refractivity contribution in [2.24, 2.45) is 0 Å². The number of benzene rings is 1. The summed E-state index contributed by atoms with van der Waals surface area (Å²) in [6.45, 7) is 2.53. The summed E-state index contributed by atoms with van der Waals surface area (Å²) in [5.41, 5.74) is 2.49. The molecule has 5 nitrogen and oxygen atoms in total. The molecule has 0 atom stereocenters. The molecule has 6 heteroatoms. The molecule has 0 aliphatic rings. The van der Waals surface area contributed by atoms with Crippen LogP contribution in [0.5, 0.6) is 0 Å². The Morgan fingerprint density at radius 3 is 2.75 bits per heavy atom. The lowest BCUT2D eigenvalue weighted by atomic mass is 10.2. The monoisotopic (exact) mass is 290 g/mol. The molecule has 0 aliphatic heterocycles. The Hall–Kier alpha value is -1.82. The molecule has 106 valence electrons. The third-order valence-electron chi connectivity index (χ3n) is 2.89. The van der Waals surface area contributed by atoms with Gasteiger partial charge in [-0.3, -0.25) is 9.89 Å². The fraction of sp³-hybridized carbons (Fsp3) is 0.357. The number of hydrogen-bond acceptors (Lipinski definition) is 4. The number of amides is 1. The molecular weight excluding hydrogens is 272 g/mol. The van der Waals surface area contributed by atoms with Crippen molar-refractivity contribution < 1.29 is 4.79 Å². The predicted octanol–water partition coefficient (Wildman–Crippen LogP) is 2.00. The summed E-state index contributed by atoms with van der Waals surface area (Å²) in [7, 11) is 1.78. The molecule has 0 bridgehead atoms. The van der Waals surface area contributed by atoms with Crippen LogP contribution in [0, 0.1) is 6.92 Å². The van der Waals surface area contributed by atoms with Crippen molar-refractivity contribution in [2.75, 3.05) is 12.8 Å². The van der Waals surface area contributed by atoms with E-state index in [1.54, 1.807) is 23.7 Å². The number of H-pyrrole nitrogens is 1. The molecule has 0 saturated heterocycles. The molecule has 1 heterocycles. The maximum absolute atomic E-state index is 12.0. The molecule has 1 aromatic carbocycles. The van der Waals surface area contributed by atoms with Crippen LogP contribution in [0.2, 0.25) is 0 Å². The molecule has 0 aliphatic carbocycles. The van der Waals surface area contributed by atoms with Gasteiger partial charge in [0.2, 0.25) is 5.91 Å². The fourth-order valence-electron chi connectivity index (χ4n) is 1.67. The van der Waals surface area contributed by atoms with Crippen molar-refractivity contribution in [1.29, 1.82) is 0 Å². The second-order valence-corrected chi connectivity index (χ2v) is 5.65. The number of aromatic amines is 1. The topological polar surface area (TPSA) is 61.9 Å². The average Bonchev–Trinajstić information content (AvgIpc) is 2.93. The van der Waals surface area contributed by atoms with Gasteiger partial charge in [0, 0.05) is 12.8 Å². The van der Waals surface area contributed by atoms with Gasteiger partial charge in [-0.1, -0.05) is 29.8 Å². The summed E-state index contributed by atoms with van der Waals surface area (Å²) in [6, 6.07) is 8.39. The summed E-state index contributed by atoms with van der Waals surface area (Å²) < 4.78 is 0. The second kappa shape index (κ2) is 7.09. The first kappa shape index (κ1) is 14.6. The maximum atomic E-state index is 12.0. The van der Waals surface area contributed by atoms with Crippen molar-refractivity contribution in [1.82, 2.24) is 20.1 Å². The van der Waals surface area contributed by atoms with E-state index >= 15 is 0 Å². The molecule has 1 aromatic heterocycles. The second-order valence-electron chi connectivity index (χ2n) is 4.66. The van der Waals surface area contributed by atoms with Crippen LogP contribution >= 0.6 is 11.8 Å². The molecule has 2 aromatic rings. The van der Waals surface area contributed by atoms with Gasteiger partial charge in [-0.25, -0.2) is 4.98 Å². The van der Waals surface area contributed by atoms with E-state index in [1.165, 1.54) is 17.5 Å². The lowest BCUT2D eigenvalue weighted by Gasteiger charge is -2.15. The SMILES string of the molecule is Cc1ccc(CSCC(=O)N(C)Cc2ncn[nH]2)cc1. The van der Waals surface area contributed by atoms with Crippen LogP contribution in [0.3, 0.4) is 0 Å². The Morgan fingerprint density at radius 1 is 1.35 bits per heavy atom. The highest BCUT2D eigenvalue weighted by Crippen LogP contribution is 2.13. The van der Waals surface area contributed by atoms with E-state index in [0.717, 1.165) is 5.75 Å². The van der Waals surface area contributed by atoms with Gasteiger partial charge in [-0.15, -0.1) is 11.8 Å². The Morgan fingerprint density at radius 2 is 2.10 bits per heavy atom. The van der Waals surface area contributed by atoms with Crippen molar-refractivity contribution in [3.63, 3.8) is 0 Å². The van der Waals surface area contributed by atoms with Crippen LogP contribution in [-0.2, 0) is 17.1 Å². The summed E-state index contributed by atoms with van der Waals surface area (Å²) in [5.74, 6) is 2.11. The van der Waals surface area contributed by atoms with Gasteiger partial charge in [-0.2, -0.15) is 5.10 Å². The van der Waals surface area contributed by atoms with Gasteiger partial charge < -0.3 is 4.90 Å². The zero-order valence-corrected chi connectivity index (χ0v) is 12.5. The standard InChI is InChI=1S/C14H18N4OS/c1-11-3-5-12(6-4-11)8-20-9-14(19)18(2)7-13-15-10-16-17-13/h3-6,10H,7-9H2,1-2H3,(H,15,16,17).